The van der Waals surface area contributed by atoms with Crippen LogP contribution in [0.25, 0.3) is 0 Å². The van der Waals surface area contributed by atoms with E-state index >= 15 is 0 Å². The highest BCUT2D eigenvalue weighted by molar-refractivity contribution is 9.11. The number of nitrogens with one attached hydrogen (secondary N) is 1. The average Bonchev–Trinajstić information content (AvgIpc) is 2.38. The van der Waals surface area contributed by atoms with Crippen LogP contribution in [0.5, 0.6) is 0 Å². The topological polar surface area (TPSA) is 55.1 Å². The van der Waals surface area contributed by atoms with Gasteiger partial charge < -0.3 is 11.1 Å². The number of hydrogen-bond donors (Lipinski definition) is 2. The van der Waals surface area contributed by atoms with E-state index in [4.69, 9.17) is 17.3 Å². The Kier molecular flexibility index (Phi) is 5.07. The second-order valence-electron chi connectivity index (χ2n) is 4.15. The monoisotopic (exact) mass is 416 g/mol. The normalized spacial score (nSPS) is 10.3. The molecule has 0 spiro atoms. The Labute approximate surface area is 138 Å². The zero-order chi connectivity index (χ0) is 14.7. The van der Waals surface area contributed by atoms with Gasteiger partial charge in [-0.05, 0) is 51.8 Å². The number of amides is 1. The van der Waals surface area contributed by atoms with Crippen LogP contribution >= 0.6 is 43.5 Å². The molecular formula is C14H11Br2ClN2O. The Morgan fingerprint density at radius 2 is 1.95 bits per heavy atom. The van der Waals surface area contributed by atoms with Crippen molar-refractivity contribution in [1.82, 2.24) is 0 Å². The van der Waals surface area contributed by atoms with E-state index in [0.717, 1.165) is 20.2 Å². The van der Waals surface area contributed by atoms with Crippen LogP contribution in [0, 0.1) is 0 Å². The summed E-state index contributed by atoms with van der Waals surface area (Å²) in [6.45, 7) is 0.554. The molecule has 2 aromatic carbocycles. The maximum absolute atomic E-state index is 11.1. The second-order valence-corrected chi connectivity index (χ2v) is 6.33. The van der Waals surface area contributed by atoms with Crippen LogP contribution in [0.1, 0.15) is 15.9 Å². The van der Waals surface area contributed by atoms with Crippen LogP contribution in [0.2, 0.25) is 5.02 Å². The minimum absolute atomic E-state index is 0.406. The molecule has 0 saturated carbocycles. The third-order valence-electron chi connectivity index (χ3n) is 2.74. The first-order valence-electron chi connectivity index (χ1n) is 5.74. The molecule has 0 heterocycles. The van der Waals surface area contributed by atoms with E-state index in [-0.39, 0.29) is 0 Å². The Balaban J connectivity index is 2.13. The number of rotatable bonds is 4. The minimum Gasteiger partial charge on any atom is -0.380 e. The lowest BCUT2D eigenvalue weighted by Crippen LogP contribution is -2.11. The van der Waals surface area contributed by atoms with Crippen molar-refractivity contribution in [3.8, 4) is 0 Å². The van der Waals surface area contributed by atoms with Crippen molar-refractivity contribution in [1.29, 1.82) is 0 Å². The smallest absolute Gasteiger partial charge is 0.248 e. The summed E-state index contributed by atoms with van der Waals surface area (Å²) in [4.78, 5) is 11.1. The molecule has 104 valence electrons. The molecule has 2 aromatic rings. The van der Waals surface area contributed by atoms with E-state index in [2.05, 4.69) is 37.2 Å². The standard InChI is InChI=1S/C14H11Br2ClN2O/c15-10-3-4-13(11(16)6-10)19-7-9-2-1-8(14(18)20)5-12(9)17/h1-6,19H,7H2,(H2,18,20). The molecule has 20 heavy (non-hydrogen) atoms. The van der Waals surface area contributed by atoms with Gasteiger partial charge in [-0.2, -0.15) is 0 Å². The first-order valence-corrected chi connectivity index (χ1v) is 7.71. The highest BCUT2D eigenvalue weighted by atomic mass is 79.9. The number of hydrogen-bond acceptors (Lipinski definition) is 2. The lowest BCUT2D eigenvalue weighted by molar-refractivity contribution is 0.100. The second kappa shape index (κ2) is 6.61. The highest BCUT2D eigenvalue weighted by Crippen LogP contribution is 2.27. The SMILES string of the molecule is NC(=O)c1ccc(CNc2ccc(Br)cc2Br)c(Cl)c1. The van der Waals surface area contributed by atoms with Gasteiger partial charge in [0.2, 0.25) is 5.91 Å². The van der Waals surface area contributed by atoms with Gasteiger partial charge in [-0.15, -0.1) is 0 Å². The molecule has 2 rings (SSSR count). The average molecular weight is 419 g/mol. The fraction of sp³-hybridized carbons (Fsp3) is 0.0714. The van der Waals surface area contributed by atoms with Crippen LogP contribution in [-0.4, -0.2) is 5.91 Å². The molecule has 0 atom stereocenters. The summed E-state index contributed by atoms with van der Waals surface area (Å²) < 4.78 is 1.95. The van der Waals surface area contributed by atoms with Gasteiger partial charge in [-0.3, -0.25) is 4.79 Å². The van der Waals surface area contributed by atoms with Gasteiger partial charge in [0.15, 0.2) is 0 Å². The number of halogens is 3. The van der Waals surface area contributed by atoms with Gasteiger partial charge >= 0.3 is 0 Å². The van der Waals surface area contributed by atoms with E-state index in [0.29, 0.717) is 17.1 Å². The molecular weight excluding hydrogens is 407 g/mol. The summed E-state index contributed by atoms with van der Waals surface area (Å²) in [6.07, 6.45) is 0. The van der Waals surface area contributed by atoms with Crippen LogP contribution in [0.3, 0.4) is 0 Å². The zero-order valence-electron chi connectivity index (χ0n) is 10.3. The summed E-state index contributed by atoms with van der Waals surface area (Å²) in [5, 5.41) is 3.79. The lowest BCUT2D eigenvalue weighted by Gasteiger charge is -2.10. The van der Waals surface area contributed by atoms with Crippen LogP contribution in [-0.2, 0) is 6.54 Å². The molecule has 0 aliphatic rings. The van der Waals surface area contributed by atoms with Crippen molar-refractivity contribution < 1.29 is 4.79 Å². The predicted molar refractivity (Wildman–Crippen MR) is 89.1 cm³/mol. The van der Waals surface area contributed by atoms with E-state index < -0.39 is 5.91 Å². The zero-order valence-corrected chi connectivity index (χ0v) is 14.2. The quantitative estimate of drug-likeness (QED) is 0.764. The third-order valence-corrected chi connectivity index (χ3v) is 4.24. The summed E-state index contributed by atoms with van der Waals surface area (Å²) in [7, 11) is 0. The minimum atomic E-state index is -0.484. The fourth-order valence-corrected chi connectivity index (χ4v) is 3.10. The van der Waals surface area contributed by atoms with Gasteiger partial charge in [-0.25, -0.2) is 0 Å². The summed E-state index contributed by atoms with van der Waals surface area (Å²) in [5.41, 5.74) is 7.47. The number of anilines is 1. The molecule has 3 N–H and O–H groups in total. The van der Waals surface area contributed by atoms with E-state index in [1.165, 1.54) is 0 Å². The Bertz CT molecular complexity index is 662. The van der Waals surface area contributed by atoms with Gasteiger partial charge in [0, 0.05) is 31.8 Å². The Morgan fingerprint density at radius 1 is 1.20 bits per heavy atom. The summed E-state index contributed by atoms with van der Waals surface area (Å²) >= 11 is 13.0. The van der Waals surface area contributed by atoms with E-state index in [9.17, 15) is 4.79 Å². The summed E-state index contributed by atoms with van der Waals surface area (Å²) in [6, 6.07) is 10.9. The van der Waals surface area contributed by atoms with Crippen molar-refractivity contribution in [2.45, 2.75) is 6.54 Å². The van der Waals surface area contributed by atoms with Crippen molar-refractivity contribution in [2.75, 3.05) is 5.32 Å². The molecule has 0 aromatic heterocycles. The lowest BCUT2D eigenvalue weighted by atomic mass is 10.1. The van der Waals surface area contributed by atoms with E-state index in [1.54, 1.807) is 18.2 Å². The molecule has 3 nitrogen and oxygen atoms in total. The third kappa shape index (κ3) is 3.75. The number of nitrogens with two attached hydrogens (primary N) is 1. The van der Waals surface area contributed by atoms with Crippen LogP contribution in [0.4, 0.5) is 5.69 Å². The molecule has 0 radical (unpaired) electrons. The first kappa shape index (κ1) is 15.4. The predicted octanol–water partition coefficient (Wildman–Crippen LogP) is 4.58. The van der Waals surface area contributed by atoms with E-state index in [1.807, 2.05) is 18.2 Å². The van der Waals surface area contributed by atoms with Gasteiger partial charge in [0.05, 0.1) is 0 Å². The Hall–Kier alpha value is -1.04. The largest absolute Gasteiger partial charge is 0.380 e. The molecule has 0 bridgehead atoms. The molecule has 0 aliphatic heterocycles. The van der Waals surface area contributed by atoms with Crippen molar-refractivity contribution in [3.05, 3.63) is 61.5 Å². The van der Waals surface area contributed by atoms with Crippen LogP contribution < -0.4 is 11.1 Å². The maximum atomic E-state index is 11.1. The molecule has 0 unspecified atom stereocenters. The summed E-state index contributed by atoms with van der Waals surface area (Å²) in [5.74, 6) is -0.484. The van der Waals surface area contributed by atoms with Crippen LogP contribution in [0.15, 0.2) is 45.3 Å². The Morgan fingerprint density at radius 3 is 2.55 bits per heavy atom. The molecule has 0 aliphatic carbocycles. The van der Waals surface area contributed by atoms with Gasteiger partial charge in [0.25, 0.3) is 0 Å². The maximum Gasteiger partial charge on any atom is 0.248 e. The van der Waals surface area contributed by atoms with Crippen molar-refractivity contribution >= 4 is 55.1 Å². The van der Waals surface area contributed by atoms with Gasteiger partial charge in [-0.1, -0.05) is 33.6 Å². The first-order chi connectivity index (χ1) is 9.47. The molecule has 0 fully saturated rings. The molecule has 1 amide bonds. The number of primary amides is 1. The fourth-order valence-electron chi connectivity index (χ4n) is 1.67. The van der Waals surface area contributed by atoms with Crippen molar-refractivity contribution in [2.24, 2.45) is 5.73 Å². The van der Waals surface area contributed by atoms with Crippen molar-refractivity contribution in [3.63, 3.8) is 0 Å². The highest BCUT2D eigenvalue weighted by Gasteiger charge is 2.06. The molecule has 0 saturated heterocycles. The number of carbonyl (C=O) groups excluding carboxylic acids is 1. The number of carbonyl (C=O) groups is 1. The number of benzene rings is 2. The molecule has 6 heteroatoms. The van der Waals surface area contributed by atoms with Gasteiger partial charge in [0.1, 0.15) is 0 Å².